The van der Waals surface area contributed by atoms with E-state index < -0.39 is 0 Å². The number of rotatable bonds is 6. The van der Waals surface area contributed by atoms with Crippen LogP contribution < -0.4 is 5.32 Å². The van der Waals surface area contributed by atoms with Crippen molar-refractivity contribution in [2.75, 3.05) is 11.9 Å². The zero-order valence-corrected chi connectivity index (χ0v) is 14.3. The van der Waals surface area contributed by atoms with E-state index in [1.165, 1.54) is 0 Å². The molecule has 0 amide bonds. The number of aliphatic hydroxyl groups is 1. The first-order chi connectivity index (χ1) is 10.9. The van der Waals surface area contributed by atoms with Crippen molar-refractivity contribution in [2.45, 2.75) is 33.3 Å². The lowest BCUT2D eigenvalue weighted by atomic mass is 9.87. The smallest absolute Gasteiger partial charge is 0.186 e. The fraction of sp³-hybridized carbons (Fsp3) is 0.438. The number of nitrogens with zero attached hydrogens (tertiary/aromatic N) is 4. The normalized spacial score (nSPS) is 13.4. The van der Waals surface area contributed by atoms with Gasteiger partial charge in [0.15, 0.2) is 11.5 Å². The first-order valence-electron chi connectivity index (χ1n) is 7.62. The maximum Gasteiger partial charge on any atom is 0.186 e. The topological polar surface area (TPSA) is 75.3 Å². The minimum absolute atomic E-state index is 0.0197. The molecule has 3 rings (SSSR count). The van der Waals surface area contributed by atoms with Crippen LogP contribution in [0.15, 0.2) is 29.0 Å². The van der Waals surface area contributed by atoms with Crippen molar-refractivity contribution >= 4 is 22.8 Å². The van der Waals surface area contributed by atoms with E-state index in [1.54, 1.807) is 15.9 Å². The SMILES string of the molecule is CC(O)CC(C)(C)CNc1ccc2nnc(-c3ccsc3)n2n1. The number of hydrogen-bond acceptors (Lipinski definition) is 6. The molecule has 1 unspecified atom stereocenters. The predicted octanol–water partition coefficient (Wildman–Crippen LogP) is 3.06. The minimum atomic E-state index is -0.315. The standard InChI is InChI=1S/C16H21N5OS/c1-11(22)8-16(2,3)10-17-13-4-5-14-18-19-15(21(14)20-13)12-6-7-23-9-12/h4-7,9,11,22H,8,10H2,1-3H3,(H,17,20). The Balaban J connectivity index is 1.81. The lowest BCUT2D eigenvalue weighted by Crippen LogP contribution is -2.27. The summed E-state index contributed by atoms with van der Waals surface area (Å²) >= 11 is 1.62. The van der Waals surface area contributed by atoms with Gasteiger partial charge in [-0.15, -0.1) is 15.3 Å². The molecule has 0 aromatic carbocycles. The van der Waals surface area contributed by atoms with Crippen molar-refractivity contribution < 1.29 is 5.11 Å². The van der Waals surface area contributed by atoms with Crippen LogP contribution in [0.5, 0.6) is 0 Å². The van der Waals surface area contributed by atoms with Crippen LogP contribution >= 0.6 is 11.3 Å². The van der Waals surface area contributed by atoms with E-state index in [4.69, 9.17) is 0 Å². The van der Waals surface area contributed by atoms with E-state index in [0.29, 0.717) is 0 Å². The molecule has 3 aromatic rings. The summed E-state index contributed by atoms with van der Waals surface area (Å²) in [5.74, 6) is 1.51. The maximum absolute atomic E-state index is 9.58. The Morgan fingerprint density at radius 2 is 2.13 bits per heavy atom. The second-order valence-corrected chi connectivity index (χ2v) is 7.38. The van der Waals surface area contributed by atoms with Crippen LogP contribution in [0, 0.1) is 5.41 Å². The number of fused-ring (bicyclic) bond motifs is 1. The van der Waals surface area contributed by atoms with Gasteiger partial charge in [0.05, 0.1) is 6.10 Å². The van der Waals surface area contributed by atoms with Gasteiger partial charge in [-0.05, 0) is 42.3 Å². The Kier molecular flexibility index (Phi) is 4.32. The molecule has 2 N–H and O–H groups in total. The maximum atomic E-state index is 9.58. The number of nitrogens with one attached hydrogen (secondary N) is 1. The van der Waals surface area contributed by atoms with Gasteiger partial charge in [-0.1, -0.05) is 13.8 Å². The van der Waals surface area contributed by atoms with E-state index >= 15 is 0 Å². The zero-order valence-electron chi connectivity index (χ0n) is 13.5. The number of aromatic nitrogens is 4. The van der Waals surface area contributed by atoms with Crippen LogP contribution in [0.1, 0.15) is 27.2 Å². The first-order valence-corrected chi connectivity index (χ1v) is 8.56. The Bertz CT molecular complexity index is 779. The molecule has 0 fully saturated rings. The molecular weight excluding hydrogens is 310 g/mol. The lowest BCUT2D eigenvalue weighted by Gasteiger charge is -2.26. The third-order valence-corrected chi connectivity index (χ3v) is 4.32. The van der Waals surface area contributed by atoms with E-state index in [0.717, 1.165) is 35.8 Å². The molecule has 0 saturated heterocycles. The van der Waals surface area contributed by atoms with E-state index in [2.05, 4.69) is 34.5 Å². The Morgan fingerprint density at radius 3 is 2.83 bits per heavy atom. The zero-order chi connectivity index (χ0) is 16.4. The van der Waals surface area contributed by atoms with Gasteiger partial charge in [0.2, 0.25) is 0 Å². The molecule has 0 aliphatic heterocycles. The van der Waals surface area contributed by atoms with Crippen LogP contribution in [-0.2, 0) is 0 Å². The van der Waals surface area contributed by atoms with Crippen molar-refractivity contribution in [2.24, 2.45) is 5.41 Å². The van der Waals surface area contributed by atoms with Gasteiger partial charge in [0.1, 0.15) is 5.82 Å². The highest BCUT2D eigenvalue weighted by Gasteiger charge is 2.20. The number of hydrogen-bond donors (Lipinski definition) is 2. The quantitative estimate of drug-likeness (QED) is 0.726. The third-order valence-electron chi connectivity index (χ3n) is 3.64. The van der Waals surface area contributed by atoms with Crippen LogP contribution in [0.25, 0.3) is 17.0 Å². The van der Waals surface area contributed by atoms with Gasteiger partial charge in [-0.2, -0.15) is 15.9 Å². The Morgan fingerprint density at radius 1 is 1.30 bits per heavy atom. The van der Waals surface area contributed by atoms with Gasteiger partial charge in [-0.25, -0.2) is 0 Å². The summed E-state index contributed by atoms with van der Waals surface area (Å²) in [4.78, 5) is 0. The summed E-state index contributed by atoms with van der Waals surface area (Å²) in [5.41, 5.74) is 1.72. The molecule has 3 heterocycles. The highest BCUT2D eigenvalue weighted by Crippen LogP contribution is 2.24. The number of thiophene rings is 1. The molecule has 0 aliphatic rings. The molecule has 0 radical (unpaired) electrons. The fourth-order valence-corrected chi connectivity index (χ4v) is 3.29. The van der Waals surface area contributed by atoms with Gasteiger partial charge in [0, 0.05) is 17.5 Å². The summed E-state index contributed by atoms with van der Waals surface area (Å²) in [7, 11) is 0. The number of aliphatic hydroxyl groups excluding tert-OH is 1. The van der Waals surface area contributed by atoms with E-state index in [1.807, 2.05) is 35.9 Å². The Hall–Kier alpha value is -1.99. The van der Waals surface area contributed by atoms with Crippen LogP contribution in [0.3, 0.4) is 0 Å². The molecule has 3 aromatic heterocycles. The Labute approximate surface area is 139 Å². The third kappa shape index (κ3) is 3.68. The van der Waals surface area contributed by atoms with Crippen LogP contribution in [0.2, 0.25) is 0 Å². The van der Waals surface area contributed by atoms with Crippen molar-refractivity contribution in [3.05, 3.63) is 29.0 Å². The molecule has 0 saturated carbocycles. The average Bonchev–Trinajstić information content (AvgIpc) is 3.12. The average molecular weight is 331 g/mol. The van der Waals surface area contributed by atoms with Gasteiger partial charge in [-0.3, -0.25) is 0 Å². The molecule has 0 aliphatic carbocycles. The molecule has 7 heteroatoms. The highest BCUT2D eigenvalue weighted by atomic mass is 32.1. The summed E-state index contributed by atoms with van der Waals surface area (Å²) in [6.07, 6.45) is 0.417. The number of anilines is 1. The van der Waals surface area contributed by atoms with Gasteiger partial charge < -0.3 is 10.4 Å². The van der Waals surface area contributed by atoms with Crippen molar-refractivity contribution in [3.63, 3.8) is 0 Å². The minimum Gasteiger partial charge on any atom is -0.393 e. The summed E-state index contributed by atoms with van der Waals surface area (Å²) in [5, 5.41) is 29.9. The van der Waals surface area contributed by atoms with Gasteiger partial charge >= 0.3 is 0 Å². The summed E-state index contributed by atoms with van der Waals surface area (Å²) in [6.45, 7) is 6.80. The molecule has 122 valence electrons. The predicted molar refractivity (Wildman–Crippen MR) is 92.7 cm³/mol. The summed E-state index contributed by atoms with van der Waals surface area (Å²) in [6, 6.07) is 5.81. The van der Waals surface area contributed by atoms with E-state index in [-0.39, 0.29) is 11.5 Å². The highest BCUT2D eigenvalue weighted by molar-refractivity contribution is 7.08. The van der Waals surface area contributed by atoms with Crippen LogP contribution in [-0.4, -0.2) is 37.6 Å². The molecule has 6 nitrogen and oxygen atoms in total. The second kappa shape index (κ2) is 6.25. The summed E-state index contributed by atoms with van der Waals surface area (Å²) < 4.78 is 1.76. The van der Waals surface area contributed by atoms with E-state index in [9.17, 15) is 5.11 Å². The second-order valence-electron chi connectivity index (χ2n) is 6.60. The van der Waals surface area contributed by atoms with Crippen LogP contribution in [0.4, 0.5) is 5.82 Å². The van der Waals surface area contributed by atoms with Crippen molar-refractivity contribution in [3.8, 4) is 11.4 Å². The first kappa shape index (κ1) is 15.9. The fourth-order valence-electron chi connectivity index (χ4n) is 2.66. The van der Waals surface area contributed by atoms with Crippen molar-refractivity contribution in [1.29, 1.82) is 0 Å². The monoisotopic (exact) mass is 331 g/mol. The molecule has 23 heavy (non-hydrogen) atoms. The molecule has 0 spiro atoms. The molecule has 1 atom stereocenters. The van der Waals surface area contributed by atoms with Gasteiger partial charge in [0.25, 0.3) is 0 Å². The largest absolute Gasteiger partial charge is 0.393 e. The lowest BCUT2D eigenvalue weighted by molar-refractivity contribution is 0.135. The molecular formula is C16H21N5OS. The molecule has 0 bridgehead atoms. The van der Waals surface area contributed by atoms with Crippen molar-refractivity contribution in [1.82, 2.24) is 19.8 Å².